The van der Waals surface area contributed by atoms with E-state index in [-0.39, 0.29) is 0 Å². The van der Waals surface area contributed by atoms with Crippen LogP contribution in [0.15, 0.2) is 42.5 Å². The van der Waals surface area contributed by atoms with Gasteiger partial charge in [0.25, 0.3) is 0 Å². The lowest BCUT2D eigenvalue weighted by Crippen LogP contribution is -2.48. The molecule has 1 aromatic carbocycles. The maximum Gasteiger partial charge on any atom is 0.311 e. The number of carboxylic acids is 1. The molecule has 6 nitrogen and oxygen atoms in total. The molecule has 2 heterocycles. The molecule has 3 rings (SSSR count). The molecule has 0 amide bonds. The third-order valence-corrected chi connectivity index (χ3v) is 4.86. The minimum atomic E-state index is -0.784. The number of hydrogen-bond acceptors (Lipinski definition) is 5. The number of carbonyl (C=O) groups is 1. The van der Waals surface area contributed by atoms with Crippen molar-refractivity contribution < 1.29 is 14.6 Å². The molecule has 0 aliphatic carbocycles. The molecule has 0 radical (unpaired) electrons. The zero-order chi connectivity index (χ0) is 17.7. The van der Waals surface area contributed by atoms with Gasteiger partial charge in [0.1, 0.15) is 0 Å². The van der Waals surface area contributed by atoms with Gasteiger partial charge in [-0.25, -0.2) is 0 Å². The van der Waals surface area contributed by atoms with Gasteiger partial charge in [0.05, 0.1) is 11.1 Å². The fraction of sp³-hybridized carbons (Fsp3) is 0.421. The standard InChI is InChI=1S/C19H23N3O3/c1-25-13-11-19(18(23)24)10-5-12-22(14-19)17-9-8-16(20-21-17)15-6-3-2-4-7-15/h2-4,6-9H,5,10-14H2,1H3,(H,23,24). The Bertz CT molecular complexity index is 706. The molecule has 2 aromatic rings. The molecule has 25 heavy (non-hydrogen) atoms. The third kappa shape index (κ3) is 3.79. The molecule has 6 heteroatoms. The van der Waals surface area contributed by atoms with Crippen LogP contribution in [0.5, 0.6) is 0 Å². The Labute approximate surface area is 147 Å². The minimum Gasteiger partial charge on any atom is -0.481 e. The lowest BCUT2D eigenvalue weighted by atomic mass is 9.77. The number of aliphatic carboxylic acids is 1. The fourth-order valence-electron chi connectivity index (χ4n) is 3.37. The van der Waals surface area contributed by atoms with Crippen molar-refractivity contribution in [1.29, 1.82) is 0 Å². The van der Waals surface area contributed by atoms with Crippen LogP contribution >= 0.6 is 0 Å². The largest absolute Gasteiger partial charge is 0.481 e. The second-order valence-electron chi connectivity index (χ2n) is 6.50. The van der Waals surface area contributed by atoms with Gasteiger partial charge >= 0.3 is 5.97 Å². The molecule has 132 valence electrons. The van der Waals surface area contributed by atoms with Gasteiger partial charge in [-0.15, -0.1) is 10.2 Å². The van der Waals surface area contributed by atoms with Gasteiger partial charge in [0.2, 0.25) is 0 Å². The number of anilines is 1. The highest BCUT2D eigenvalue weighted by atomic mass is 16.5. The van der Waals surface area contributed by atoms with E-state index < -0.39 is 11.4 Å². The first kappa shape index (κ1) is 17.4. The molecule has 1 aliphatic rings. The Balaban J connectivity index is 1.78. The first-order valence-electron chi connectivity index (χ1n) is 8.51. The van der Waals surface area contributed by atoms with E-state index in [1.165, 1.54) is 0 Å². The van der Waals surface area contributed by atoms with Gasteiger partial charge in [0.15, 0.2) is 5.82 Å². The maximum atomic E-state index is 11.9. The molecular formula is C19H23N3O3. The van der Waals surface area contributed by atoms with Gasteiger partial charge in [-0.1, -0.05) is 30.3 Å². The molecule has 1 unspecified atom stereocenters. The Morgan fingerprint density at radius 2 is 2.04 bits per heavy atom. The molecule has 1 N–H and O–H groups in total. The topological polar surface area (TPSA) is 75.6 Å². The highest BCUT2D eigenvalue weighted by Gasteiger charge is 2.42. The smallest absolute Gasteiger partial charge is 0.311 e. The number of ether oxygens (including phenoxy) is 1. The van der Waals surface area contributed by atoms with Gasteiger partial charge in [-0.2, -0.15) is 0 Å². The summed E-state index contributed by atoms with van der Waals surface area (Å²) in [7, 11) is 1.60. The van der Waals surface area contributed by atoms with Gasteiger partial charge in [-0.05, 0) is 31.4 Å². The minimum absolute atomic E-state index is 0.436. The summed E-state index contributed by atoms with van der Waals surface area (Å²) < 4.78 is 5.12. The van der Waals surface area contributed by atoms with Gasteiger partial charge in [0, 0.05) is 32.4 Å². The number of aromatic nitrogens is 2. The number of hydrogen-bond donors (Lipinski definition) is 1. The fourth-order valence-corrected chi connectivity index (χ4v) is 3.37. The van der Waals surface area contributed by atoms with Crippen LogP contribution in [0.3, 0.4) is 0 Å². The number of benzene rings is 1. The Hall–Kier alpha value is -2.47. The summed E-state index contributed by atoms with van der Waals surface area (Å²) in [4.78, 5) is 13.9. The van der Waals surface area contributed by atoms with E-state index in [1.54, 1.807) is 7.11 Å². The maximum absolute atomic E-state index is 11.9. The number of rotatable bonds is 6. The summed E-state index contributed by atoms with van der Waals surface area (Å²) >= 11 is 0. The molecule has 1 saturated heterocycles. The second kappa shape index (κ2) is 7.61. The zero-order valence-corrected chi connectivity index (χ0v) is 14.4. The average molecular weight is 341 g/mol. The van der Waals surface area contributed by atoms with Crippen LogP contribution in [-0.4, -0.2) is 48.1 Å². The Morgan fingerprint density at radius 3 is 2.68 bits per heavy atom. The van der Waals surface area contributed by atoms with E-state index in [4.69, 9.17) is 4.74 Å². The molecule has 1 atom stereocenters. The van der Waals surface area contributed by atoms with Crippen molar-refractivity contribution in [1.82, 2.24) is 10.2 Å². The van der Waals surface area contributed by atoms with Crippen LogP contribution in [0, 0.1) is 5.41 Å². The van der Waals surface area contributed by atoms with Crippen molar-refractivity contribution in [3.05, 3.63) is 42.5 Å². The van der Waals surface area contributed by atoms with Gasteiger partial charge < -0.3 is 14.7 Å². The van der Waals surface area contributed by atoms with Crippen LogP contribution < -0.4 is 4.90 Å². The first-order chi connectivity index (χ1) is 12.1. The number of carboxylic acid groups (broad SMARTS) is 1. The molecule has 1 fully saturated rings. The Morgan fingerprint density at radius 1 is 1.24 bits per heavy atom. The summed E-state index contributed by atoms with van der Waals surface area (Å²) in [6.45, 7) is 1.67. The monoisotopic (exact) mass is 341 g/mol. The van der Waals surface area contributed by atoms with Gasteiger partial charge in [-0.3, -0.25) is 4.79 Å². The average Bonchev–Trinajstić information content (AvgIpc) is 2.67. The lowest BCUT2D eigenvalue weighted by Gasteiger charge is -2.40. The van der Waals surface area contributed by atoms with E-state index >= 15 is 0 Å². The normalized spacial score (nSPS) is 20.4. The predicted molar refractivity (Wildman–Crippen MR) is 95.5 cm³/mol. The zero-order valence-electron chi connectivity index (χ0n) is 14.4. The van der Waals surface area contributed by atoms with Crippen molar-refractivity contribution in [3.8, 4) is 11.3 Å². The number of piperidine rings is 1. The highest BCUT2D eigenvalue weighted by Crippen LogP contribution is 2.35. The lowest BCUT2D eigenvalue weighted by molar-refractivity contribution is -0.150. The quantitative estimate of drug-likeness (QED) is 0.871. The van der Waals surface area contributed by atoms with Crippen LogP contribution in [0.25, 0.3) is 11.3 Å². The molecule has 1 aromatic heterocycles. The molecule has 0 bridgehead atoms. The van der Waals surface area contributed by atoms with Crippen molar-refractivity contribution in [3.63, 3.8) is 0 Å². The molecular weight excluding hydrogens is 318 g/mol. The Kier molecular flexibility index (Phi) is 5.28. The van der Waals surface area contributed by atoms with E-state index in [2.05, 4.69) is 10.2 Å². The molecule has 0 spiro atoms. The van der Waals surface area contributed by atoms with Crippen molar-refractivity contribution in [2.24, 2.45) is 5.41 Å². The van der Waals surface area contributed by atoms with E-state index in [9.17, 15) is 9.90 Å². The van der Waals surface area contributed by atoms with Crippen molar-refractivity contribution in [2.45, 2.75) is 19.3 Å². The van der Waals surface area contributed by atoms with Crippen LogP contribution in [-0.2, 0) is 9.53 Å². The number of nitrogens with zero attached hydrogens (tertiary/aromatic N) is 3. The third-order valence-electron chi connectivity index (χ3n) is 4.86. The second-order valence-corrected chi connectivity index (χ2v) is 6.50. The SMILES string of the molecule is COCCC1(C(=O)O)CCCN(c2ccc(-c3ccccc3)nn2)C1. The number of methoxy groups -OCH3 is 1. The highest BCUT2D eigenvalue weighted by molar-refractivity contribution is 5.76. The van der Waals surface area contributed by atoms with E-state index in [0.717, 1.165) is 30.0 Å². The molecule has 1 aliphatic heterocycles. The van der Waals surface area contributed by atoms with E-state index in [1.807, 2.05) is 47.4 Å². The summed E-state index contributed by atoms with van der Waals surface area (Å²) in [5, 5.41) is 18.4. The summed E-state index contributed by atoms with van der Waals surface area (Å²) in [6.07, 6.45) is 1.99. The van der Waals surface area contributed by atoms with Crippen LogP contribution in [0.1, 0.15) is 19.3 Å². The summed E-state index contributed by atoms with van der Waals surface area (Å²) in [5.41, 5.74) is 1.04. The van der Waals surface area contributed by atoms with Crippen molar-refractivity contribution in [2.75, 3.05) is 31.7 Å². The summed E-state index contributed by atoms with van der Waals surface area (Å²) in [6, 6.07) is 13.7. The molecule has 0 saturated carbocycles. The van der Waals surface area contributed by atoms with Crippen LogP contribution in [0.2, 0.25) is 0 Å². The predicted octanol–water partition coefficient (Wildman–Crippen LogP) is 2.85. The first-order valence-corrected chi connectivity index (χ1v) is 8.51. The van der Waals surface area contributed by atoms with Crippen LogP contribution in [0.4, 0.5) is 5.82 Å². The van der Waals surface area contributed by atoms with E-state index in [0.29, 0.717) is 26.0 Å². The summed E-state index contributed by atoms with van der Waals surface area (Å²) in [5.74, 6) is -0.0365. The van der Waals surface area contributed by atoms with Crippen molar-refractivity contribution >= 4 is 11.8 Å².